The Labute approximate surface area is 116 Å². The lowest BCUT2D eigenvalue weighted by atomic mass is 10.1. The average Bonchev–Trinajstić information content (AvgIpc) is 2.80. The van der Waals surface area contributed by atoms with Crippen molar-refractivity contribution < 1.29 is 4.42 Å². The molecule has 0 radical (unpaired) electrons. The van der Waals surface area contributed by atoms with Crippen LogP contribution in [0.25, 0.3) is 22.6 Å². The normalized spacial score (nSPS) is 11.1. The average molecular weight is 273 g/mol. The smallest absolute Gasteiger partial charge is 0.227 e. The van der Waals surface area contributed by atoms with E-state index in [4.69, 9.17) is 21.8 Å². The summed E-state index contributed by atoms with van der Waals surface area (Å²) >= 11 is 5.99. The van der Waals surface area contributed by atoms with E-state index in [1.807, 2.05) is 44.2 Å². The summed E-state index contributed by atoms with van der Waals surface area (Å²) in [5, 5.41) is 0.659. The number of hydrogen-bond acceptors (Lipinski definition) is 3. The van der Waals surface area contributed by atoms with Crippen LogP contribution in [0.15, 0.2) is 34.7 Å². The van der Waals surface area contributed by atoms with E-state index in [2.05, 4.69) is 4.98 Å². The minimum Gasteiger partial charge on any atom is -0.436 e. The molecule has 96 valence electrons. The van der Waals surface area contributed by atoms with Crippen LogP contribution in [0.5, 0.6) is 0 Å². The molecule has 3 nitrogen and oxygen atoms in total. The summed E-state index contributed by atoms with van der Waals surface area (Å²) in [5.41, 5.74) is 11.2. The first-order chi connectivity index (χ1) is 9.06. The maximum absolute atomic E-state index is 5.99. The van der Waals surface area contributed by atoms with Crippen LogP contribution in [-0.4, -0.2) is 4.98 Å². The van der Waals surface area contributed by atoms with Crippen molar-refractivity contribution >= 4 is 28.4 Å². The second-order valence-corrected chi connectivity index (χ2v) is 5.03. The van der Waals surface area contributed by atoms with Crippen LogP contribution in [0.4, 0.5) is 5.69 Å². The van der Waals surface area contributed by atoms with Gasteiger partial charge < -0.3 is 10.2 Å². The predicted molar refractivity (Wildman–Crippen MR) is 78.3 cm³/mol. The summed E-state index contributed by atoms with van der Waals surface area (Å²) in [4.78, 5) is 4.48. The van der Waals surface area contributed by atoms with Crippen LogP contribution < -0.4 is 5.73 Å². The lowest BCUT2D eigenvalue weighted by Gasteiger charge is -2.02. The van der Waals surface area contributed by atoms with Gasteiger partial charge in [0, 0.05) is 16.3 Å². The molecule has 0 spiro atoms. The molecule has 0 atom stereocenters. The standard InChI is InChI=1S/C15H13ClN2O/c1-8-9(2)14-13(7-12(8)17)18-15(19-14)10-4-3-5-11(16)6-10/h3-7H,17H2,1-2H3. The van der Waals surface area contributed by atoms with Gasteiger partial charge in [0.2, 0.25) is 5.89 Å². The van der Waals surface area contributed by atoms with Crippen LogP contribution in [0, 0.1) is 13.8 Å². The van der Waals surface area contributed by atoms with Gasteiger partial charge in [-0.1, -0.05) is 17.7 Å². The van der Waals surface area contributed by atoms with Crippen molar-refractivity contribution in [1.29, 1.82) is 0 Å². The Bertz CT molecular complexity index is 777. The van der Waals surface area contributed by atoms with Crippen molar-refractivity contribution in [2.75, 3.05) is 5.73 Å². The number of hydrogen-bond donors (Lipinski definition) is 1. The minimum atomic E-state index is 0.561. The molecule has 2 aromatic carbocycles. The molecule has 2 N–H and O–H groups in total. The molecule has 0 amide bonds. The summed E-state index contributed by atoms with van der Waals surface area (Å²) in [7, 11) is 0. The SMILES string of the molecule is Cc1c(N)cc2nc(-c3cccc(Cl)c3)oc2c1C. The molecule has 0 bridgehead atoms. The van der Waals surface area contributed by atoms with Gasteiger partial charge in [0.05, 0.1) is 0 Å². The zero-order valence-corrected chi connectivity index (χ0v) is 11.5. The van der Waals surface area contributed by atoms with E-state index in [0.29, 0.717) is 10.9 Å². The van der Waals surface area contributed by atoms with Crippen molar-refractivity contribution in [3.63, 3.8) is 0 Å². The molecule has 1 heterocycles. The fraction of sp³-hybridized carbons (Fsp3) is 0.133. The molecule has 3 aromatic rings. The van der Waals surface area contributed by atoms with Gasteiger partial charge in [-0.15, -0.1) is 0 Å². The summed E-state index contributed by atoms with van der Waals surface area (Å²) in [6, 6.07) is 9.29. The van der Waals surface area contributed by atoms with Gasteiger partial charge in [0.25, 0.3) is 0 Å². The highest BCUT2D eigenvalue weighted by molar-refractivity contribution is 6.30. The van der Waals surface area contributed by atoms with Crippen molar-refractivity contribution in [3.8, 4) is 11.5 Å². The van der Waals surface area contributed by atoms with Gasteiger partial charge in [-0.25, -0.2) is 4.98 Å². The zero-order valence-electron chi connectivity index (χ0n) is 10.7. The third kappa shape index (κ3) is 1.96. The number of benzene rings is 2. The first kappa shape index (κ1) is 12.1. The van der Waals surface area contributed by atoms with Crippen LogP contribution in [0.1, 0.15) is 11.1 Å². The van der Waals surface area contributed by atoms with E-state index in [-0.39, 0.29) is 0 Å². The molecule has 0 fully saturated rings. The molecule has 0 saturated carbocycles. The second kappa shape index (κ2) is 4.28. The number of anilines is 1. The number of nitrogens with zero attached hydrogens (tertiary/aromatic N) is 1. The maximum atomic E-state index is 5.99. The number of rotatable bonds is 1. The highest BCUT2D eigenvalue weighted by Gasteiger charge is 2.13. The van der Waals surface area contributed by atoms with Crippen LogP contribution in [-0.2, 0) is 0 Å². The fourth-order valence-electron chi connectivity index (χ4n) is 2.09. The van der Waals surface area contributed by atoms with E-state index in [1.165, 1.54) is 0 Å². The van der Waals surface area contributed by atoms with Crippen LogP contribution >= 0.6 is 11.6 Å². The molecular weight excluding hydrogens is 260 g/mol. The van der Waals surface area contributed by atoms with Gasteiger partial charge in [0.15, 0.2) is 5.58 Å². The number of aryl methyl sites for hydroxylation is 1. The quantitative estimate of drug-likeness (QED) is 0.670. The molecule has 0 aliphatic rings. The Morgan fingerprint density at radius 2 is 1.95 bits per heavy atom. The van der Waals surface area contributed by atoms with E-state index in [1.54, 1.807) is 0 Å². The molecule has 0 aliphatic heterocycles. The number of oxazole rings is 1. The van der Waals surface area contributed by atoms with Crippen molar-refractivity contribution in [2.24, 2.45) is 0 Å². The molecule has 3 rings (SSSR count). The summed E-state index contributed by atoms with van der Waals surface area (Å²) in [6.07, 6.45) is 0. The van der Waals surface area contributed by atoms with E-state index < -0.39 is 0 Å². The highest BCUT2D eigenvalue weighted by atomic mass is 35.5. The molecule has 1 aromatic heterocycles. The van der Waals surface area contributed by atoms with Crippen molar-refractivity contribution in [2.45, 2.75) is 13.8 Å². The minimum absolute atomic E-state index is 0.561. The molecule has 0 unspecified atom stereocenters. The summed E-state index contributed by atoms with van der Waals surface area (Å²) < 4.78 is 5.85. The third-order valence-electron chi connectivity index (χ3n) is 3.35. The molecule has 0 aliphatic carbocycles. The largest absolute Gasteiger partial charge is 0.436 e. The topological polar surface area (TPSA) is 52.0 Å². The zero-order chi connectivity index (χ0) is 13.6. The first-order valence-electron chi connectivity index (χ1n) is 5.98. The van der Waals surface area contributed by atoms with Gasteiger partial charge in [-0.3, -0.25) is 0 Å². The number of nitrogen functional groups attached to an aromatic ring is 1. The summed E-state index contributed by atoms with van der Waals surface area (Å²) in [5.74, 6) is 0.561. The van der Waals surface area contributed by atoms with Gasteiger partial charge >= 0.3 is 0 Å². The lowest BCUT2D eigenvalue weighted by Crippen LogP contribution is -1.92. The third-order valence-corrected chi connectivity index (χ3v) is 3.59. The van der Waals surface area contributed by atoms with E-state index in [9.17, 15) is 0 Å². The highest BCUT2D eigenvalue weighted by Crippen LogP contribution is 2.31. The number of halogens is 1. The molecule has 4 heteroatoms. The maximum Gasteiger partial charge on any atom is 0.227 e. The Hall–Kier alpha value is -2.00. The number of aromatic nitrogens is 1. The molecular formula is C15H13ClN2O. The Kier molecular flexibility index (Phi) is 2.72. The van der Waals surface area contributed by atoms with Crippen molar-refractivity contribution in [3.05, 3.63) is 46.5 Å². The van der Waals surface area contributed by atoms with Gasteiger partial charge in [-0.05, 0) is 49.2 Å². The first-order valence-corrected chi connectivity index (χ1v) is 6.36. The van der Waals surface area contributed by atoms with E-state index in [0.717, 1.165) is 33.5 Å². The lowest BCUT2D eigenvalue weighted by molar-refractivity contribution is 0.617. The Morgan fingerprint density at radius 1 is 1.16 bits per heavy atom. The van der Waals surface area contributed by atoms with Crippen molar-refractivity contribution in [1.82, 2.24) is 4.98 Å². The van der Waals surface area contributed by atoms with Gasteiger partial charge in [0.1, 0.15) is 5.52 Å². The predicted octanol–water partition coefficient (Wildman–Crippen LogP) is 4.35. The number of fused-ring (bicyclic) bond motifs is 1. The fourth-order valence-corrected chi connectivity index (χ4v) is 2.28. The molecule has 0 saturated heterocycles. The monoisotopic (exact) mass is 272 g/mol. The van der Waals surface area contributed by atoms with E-state index >= 15 is 0 Å². The number of nitrogens with two attached hydrogens (primary N) is 1. The Morgan fingerprint density at radius 3 is 2.68 bits per heavy atom. The Balaban J connectivity index is 2.25. The van der Waals surface area contributed by atoms with Crippen LogP contribution in [0.2, 0.25) is 5.02 Å². The second-order valence-electron chi connectivity index (χ2n) is 4.59. The van der Waals surface area contributed by atoms with Gasteiger partial charge in [-0.2, -0.15) is 0 Å². The molecule has 19 heavy (non-hydrogen) atoms. The van der Waals surface area contributed by atoms with Crippen LogP contribution in [0.3, 0.4) is 0 Å². The summed E-state index contributed by atoms with van der Waals surface area (Å²) in [6.45, 7) is 3.96.